The Hall–Kier alpha value is -0.0800. The molecule has 0 bridgehead atoms. The van der Waals surface area contributed by atoms with Crippen LogP contribution < -0.4 is 10.6 Å². The molecule has 2 heteroatoms. The van der Waals surface area contributed by atoms with Gasteiger partial charge in [0, 0.05) is 18.1 Å². The van der Waals surface area contributed by atoms with Gasteiger partial charge in [-0.05, 0) is 63.8 Å². The Bertz CT molecular complexity index is 292. The molecule has 21 heavy (non-hydrogen) atoms. The minimum absolute atomic E-state index is 0.736. The van der Waals surface area contributed by atoms with E-state index in [1.54, 1.807) is 0 Å². The van der Waals surface area contributed by atoms with E-state index in [2.05, 4.69) is 17.6 Å². The summed E-state index contributed by atoms with van der Waals surface area (Å²) in [6.07, 6.45) is 17.4. The normalized spacial score (nSPS) is 37.3. The van der Waals surface area contributed by atoms with Crippen molar-refractivity contribution < 1.29 is 0 Å². The third-order valence-corrected chi connectivity index (χ3v) is 6.52. The van der Waals surface area contributed by atoms with E-state index in [1.807, 2.05) is 0 Å². The zero-order chi connectivity index (χ0) is 14.5. The first kappa shape index (κ1) is 15.8. The van der Waals surface area contributed by atoms with Gasteiger partial charge in [0.15, 0.2) is 0 Å². The Kier molecular flexibility index (Phi) is 5.99. The van der Waals surface area contributed by atoms with Crippen LogP contribution >= 0.6 is 0 Å². The monoisotopic (exact) mass is 292 g/mol. The van der Waals surface area contributed by atoms with Gasteiger partial charge in [-0.2, -0.15) is 0 Å². The third-order valence-electron chi connectivity index (χ3n) is 6.52. The van der Waals surface area contributed by atoms with Crippen molar-refractivity contribution in [3.8, 4) is 0 Å². The average Bonchev–Trinajstić information content (AvgIpc) is 2.57. The van der Waals surface area contributed by atoms with Gasteiger partial charge in [-0.3, -0.25) is 0 Å². The fraction of sp³-hybridized carbons (Fsp3) is 1.00. The summed E-state index contributed by atoms with van der Waals surface area (Å²) in [6, 6.07) is 2.32. The van der Waals surface area contributed by atoms with Gasteiger partial charge in [-0.1, -0.05) is 38.5 Å². The van der Waals surface area contributed by atoms with E-state index in [1.165, 1.54) is 83.6 Å². The summed E-state index contributed by atoms with van der Waals surface area (Å²) < 4.78 is 0. The molecule has 0 aromatic heterocycles. The van der Waals surface area contributed by atoms with Crippen LogP contribution in [0.5, 0.6) is 0 Å². The predicted molar refractivity (Wildman–Crippen MR) is 90.6 cm³/mol. The van der Waals surface area contributed by atoms with Crippen LogP contribution in [-0.4, -0.2) is 24.7 Å². The van der Waals surface area contributed by atoms with Crippen molar-refractivity contribution >= 4 is 0 Å². The van der Waals surface area contributed by atoms with Crippen molar-refractivity contribution in [1.82, 2.24) is 10.6 Å². The van der Waals surface area contributed by atoms with E-state index in [-0.39, 0.29) is 0 Å². The molecule has 2 aliphatic carbocycles. The third kappa shape index (κ3) is 4.22. The van der Waals surface area contributed by atoms with Crippen molar-refractivity contribution in [3.05, 3.63) is 0 Å². The fourth-order valence-electron chi connectivity index (χ4n) is 5.20. The number of rotatable bonds is 4. The maximum Gasteiger partial charge on any atom is 0.0113 e. The summed E-state index contributed by atoms with van der Waals surface area (Å²) in [6.45, 7) is 3.72. The average molecular weight is 293 g/mol. The molecule has 0 spiro atoms. The molecular formula is C19H36N2. The molecule has 1 aliphatic heterocycles. The highest BCUT2D eigenvalue weighted by molar-refractivity contribution is 4.92. The number of nitrogens with one attached hydrogen (secondary N) is 2. The summed E-state index contributed by atoms with van der Waals surface area (Å²) >= 11 is 0. The van der Waals surface area contributed by atoms with Gasteiger partial charge in [0.25, 0.3) is 0 Å². The first-order chi connectivity index (χ1) is 10.3. The van der Waals surface area contributed by atoms with E-state index in [9.17, 15) is 0 Å². The lowest BCUT2D eigenvalue weighted by Crippen LogP contribution is -2.53. The summed E-state index contributed by atoms with van der Waals surface area (Å²) in [7, 11) is 0. The Morgan fingerprint density at radius 3 is 2.29 bits per heavy atom. The zero-order valence-corrected chi connectivity index (χ0v) is 14.1. The number of hydrogen-bond acceptors (Lipinski definition) is 2. The molecular weight excluding hydrogens is 256 g/mol. The first-order valence-electron chi connectivity index (χ1n) is 9.84. The summed E-state index contributed by atoms with van der Waals surface area (Å²) in [5.41, 5.74) is 0. The van der Waals surface area contributed by atoms with E-state index >= 15 is 0 Å². The Morgan fingerprint density at radius 1 is 0.810 bits per heavy atom. The van der Waals surface area contributed by atoms with E-state index < -0.39 is 0 Å². The Morgan fingerprint density at radius 2 is 1.52 bits per heavy atom. The van der Waals surface area contributed by atoms with Crippen molar-refractivity contribution in [1.29, 1.82) is 0 Å². The minimum Gasteiger partial charge on any atom is -0.314 e. The lowest BCUT2D eigenvalue weighted by Gasteiger charge is -2.42. The molecule has 2 nitrogen and oxygen atoms in total. The predicted octanol–water partition coefficient (Wildman–Crippen LogP) is 4.25. The van der Waals surface area contributed by atoms with Crippen molar-refractivity contribution in [2.75, 3.05) is 6.54 Å². The quantitative estimate of drug-likeness (QED) is 0.809. The molecule has 3 aliphatic rings. The maximum absolute atomic E-state index is 4.10. The molecule has 2 saturated carbocycles. The van der Waals surface area contributed by atoms with Gasteiger partial charge >= 0.3 is 0 Å². The van der Waals surface area contributed by atoms with Gasteiger partial charge < -0.3 is 10.6 Å². The van der Waals surface area contributed by atoms with Gasteiger partial charge in [0.2, 0.25) is 0 Å². The van der Waals surface area contributed by atoms with Crippen LogP contribution in [0.2, 0.25) is 0 Å². The second kappa shape index (κ2) is 7.97. The molecule has 1 heterocycles. The molecule has 2 N–H and O–H groups in total. The van der Waals surface area contributed by atoms with E-state index in [0.29, 0.717) is 0 Å². The van der Waals surface area contributed by atoms with Gasteiger partial charge in [-0.15, -0.1) is 0 Å². The Balaban J connectivity index is 1.55. The molecule has 4 atom stereocenters. The van der Waals surface area contributed by atoms with E-state index in [0.717, 1.165) is 30.0 Å². The molecule has 0 aromatic rings. The standard InChI is InChI=1S/C19H36N2/c1-15(16-9-3-2-4-10-16)21-19-13-6-5-11-17(19)18-12-7-8-14-20-18/h15-21H,2-14H2,1H3. The molecule has 4 unspecified atom stereocenters. The minimum atomic E-state index is 0.736. The maximum atomic E-state index is 4.10. The topological polar surface area (TPSA) is 24.1 Å². The second-order valence-electron chi connectivity index (χ2n) is 7.96. The lowest BCUT2D eigenvalue weighted by molar-refractivity contribution is 0.155. The van der Waals surface area contributed by atoms with Gasteiger partial charge in [-0.25, -0.2) is 0 Å². The number of piperidine rings is 1. The van der Waals surface area contributed by atoms with Crippen molar-refractivity contribution in [3.63, 3.8) is 0 Å². The molecule has 0 aromatic carbocycles. The molecule has 1 saturated heterocycles. The van der Waals surface area contributed by atoms with Crippen LogP contribution in [0.1, 0.15) is 84.0 Å². The molecule has 3 rings (SSSR count). The largest absolute Gasteiger partial charge is 0.314 e. The highest BCUT2D eigenvalue weighted by Gasteiger charge is 2.34. The first-order valence-corrected chi connectivity index (χ1v) is 9.84. The second-order valence-corrected chi connectivity index (χ2v) is 7.96. The van der Waals surface area contributed by atoms with Crippen LogP contribution in [0.3, 0.4) is 0 Å². The SMILES string of the molecule is CC(NC1CCCCC1C1CCCCN1)C1CCCCC1. The summed E-state index contributed by atoms with van der Waals surface area (Å²) in [5, 5.41) is 7.93. The van der Waals surface area contributed by atoms with E-state index in [4.69, 9.17) is 0 Å². The van der Waals surface area contributed by atoms with Crippen LogP contribution in [0.25, 0.3) is 0 Å². The van der Waals surface area contributed by atoms with Crippen LogP contribution in [0.4, 0.5) is 0 Å². The smallest absolute Gasteiger partial charge is 0.0113 e. The summed E-state index contributed by atoms with van der Waals surface area (Å²) in [5.74, 6) is 1.84. The molecule has 0 radical (unpaired) electrons. The highest BCUT2D eigenvalue weighted by Crippen LogP contribution is 2.32. The van der Waals surface area contributed by atoms with Crippen LogP contribution in [0, 0.1) is 11.8 Å². The van der Waals surface area contributed by atoms with Gasteiger partial charge in [0.05, 0.1) is 0 Å². The molecule has 3 fully saturated rings. The fourth-order valence-corrected chi connectivity index (χ4v) is 5.20. The lowest BCUT2D eigenvalue weighted by atomic mass is 9.76. The Labute approximate surface area is 131 Å². The molecule has 122 valence electrons. The zero-order valence-electron chi connectivity index (χ0n) is 14.1. The van der Waals surface area contributed by atoms with Crippen molar-refractivity contribution in [2.45, 2.75) is 102 Å². The van der Waals surface area contributed by atoms with Crippen molar-refractivity contribution in [2.24, 2.45) is 11.8 Å². The van der Waals surface area contributed by atoms with Crippen LogP contribution in [0.15, 0.2) is 0 Å². The van der Waals surface area contributed by atoms with Gasteiger partial charge in [0.1, 0.15) is 0 Å². The summed E-state index contributed by atoms with van der Waals surface area (Å²) in [4.78, 5) is 0. The molecule has 0 amide bonds. The van der Waals surface area contributed by atoms with Crippen LogP contribution in [-0.2, 0) is 0 Å². The highest BCUT2D eigenvalue weighted by atomic mass is 15.0. The number of hydrogen-bond donors (Lipinski definition) is 2.